The number of aromatic nitrogens is 2. The van der Waals surface area contributed by atoms with E-state index in [1.807, 2.05) is 0 Å². The first-order chi connectivity index (χ1) is 8.49. The normalized spacial score (nSPS) is 23.1. The molecule has 1 aromatic heterocycles. The van der Waals surface area contributed by atoms with Gasteiger partial charge in [-0.1, -0.05) is 11.6 Å². The van der Waals surface area contributed by atoms with Crippen LogP contribution in [0.15, 0.2) is 12.1 Å². The van der Waals surface area contributed by atoms with Crippen LogP contribution >= 0.6 is 11.6 Å². The standard InChI is InChI=1S/C10H10ClN3O4/c11-8-2-1-6(12-13-8)9(16)14-4-5(15)3-7(14)10(17)18/h1-2,5,7,15H,3-4H2,(H,17,18)/t5?,7-/m0/s1. The molecular weight excluding hydrogens is 262 g/mol. The third-order valence-electron chi connectivity index (χ3n) is 2.68. The lowest BCUT2D eigenvalue weighted by Crippen LogP contribution is -2.41. The summed E-state index contributed by atoms with van der Waals surface area (Å²) in [6.07, 6.45) is -0.822. The van der Waals surface area contributed by atoms with Crippen molar-refractivity contribution in [3.05, 3.63) is 23.0 Å². The van der Waals surface area contributed by atoms with Crippen molar-refractivity contribution in [3.63, 3.8) is 0 Å². The second-order valence-electron chi connectivity index (χ2n) is 3.94. The molecule has 8 heteroatoms. The summed E-state index contributed by atoms with van der Waals surface area (Å²) < 4.78 is 0. The molecule has 0 radical (unpaired) electrons. The number of β-amino-alcohol motifs (C(OH)–C–C–N with tert-alkyl or cyclic N) is 1. The van der Waals surface area contributed by atoms with E-state index in [1.54, 1.807) is 0 Å². The molecule has 18 heavy (non-hydrogen) atoms. The Hall–Kier alpha value is -1.73. The van der Waals surface area contributed by atoms with Gasteiger partial charge in [0.15, 0.2) is 10.8 Å². The molecule has 1 amide bonds. The Kier molecular flexibility index (Phi) is 3.44. The molecule has 96 valence electrons. The molecule has 7 nitrogen and oxygen atoms in total. The van der Waals surface area contributed by atoms with E-state index in [-0.39, 0.29) is 23.8 Å². The lowest BCUT2D eigenvalue weighted by atomic mass is 10.2. The van der Waals surface area contributed by atoms with Crippen LogP contribution in [0.4, 0.5) is 0 Å². The molecule has 1 saturated heterocycles. The summed E-state index contributed by atoms with van der Waals surface area (Å²) in [5, 5.41) is 25.7. The van der Waals surface area contributed by atoms with Gasteiger partial charge in [-0.25, -0.2) is 4.79 Å². The highest BCUT2D eigenvalue weighted by atomic mass is 35.5. The number of aliphatic hydroxyl groups is 1. The average Bonchev–Trinajstić information content (AvgIpc) is 2.71. The Morgan fingerprint density at radius 2 is 2.11 bits per heavy atom. The van der Waals surface area contributed by atoms with E-state index in [4.69, 9.17) is 16.7 Å². The Bertz CT molecular complexity index is 479. The number of aliphatic hydroxyl groups excluding tert-OH is 1. The number of carboxylic acid groups (broad SMARTS) is 1. The van der Waals surface area contributed by atoms with Crippen LogP contribution in [-0.4, -0.2) is 55.9 Å². The quantitative estimate of drug-likeness (QED) is 0.771. The van der Waals surface area contributed by atoms with E-state index in [1.165, 1.54) is 12.1 Å². The van der Waals surface area contributed by atoms with Gasteiger partial charge in [0.05, 0.1) is 6.10 Å². The number of nitrogens with zero attached hydrogens (tertiary/aromatic N) is 3. The van der Waals surface area contributed by atoms with Gasteiger partial charge in [0.1, 0.15) is 6.04 Å². The van der Waals surface area contributed by atoms with Crippen molar-refractivity contribution < 1.29 is 19.8 Å². The molecule has 1 aliphatic heterocycles. The maximum absolute atomic E-state index is 12.0. The summed E-state index contributed by atoms with van der Waals surface area (Å²) in [6, 6.07) is 1.72. The minimum atomic E-state index is -1.15. The van der Waals surface area contributed by atoms with Crippen molar-refractivity contribution in [2.24, 2.45) is 0 Å². The lowest BCUT2D eigenvalue weighted by Gasteiger charge is -2.20. The van der Waals surface area contributed by atoms with Gasteiger partial charge in [0.25, 0.3) is 5.91 Å². The minimum absolute atomic E-state index is 0.000231. The molecule has 1 unspecified atom stereocenters. The maximum Gasteiger partial charge on any atom is 0.326 e. The summed E-state index contributed by atoms with van der Waals surface area (Å²) in [6.45, 7) is -0.0277. The van der Waals surface area contributed by atoms with Crippen LogP contribution < -0.4 is 0 Å². The first-order valence-corrected chi connectivity index (χ1v) is 5.58. The Balaban J connectivity index is 2.22. The zero-order valence-corrected chi connectivity index (χ0v) is 9.91. The molecule has 1 aromatic rings. The highest BCUT2D eigenvalue weighted by Crippen LogP contribution is 2.20. The number of hydrogen-bond acceptors (Lipinski definition) is 5. The van der Waals surface area contributed by atoms with Gasteiger partial charge in [-0.2, -0.15) is 0 Å². The van der Waals surface area contributed by atoms with E-state index in [0.717, 1.165) is 4.90 Å². The molecule has 0 aromatic carbocycles. The third-order valence-corrected chi connectivity index (χ3v) is 2.88. The van der Waals surface area contributed by atoms with Crippen LogP contribution in [0.5, 0.6) is 0 Å². The highest BCUT2D eigenvalue weighted by Gasteiger charge is 2.39. The topological polar surface area (TPSA) is 104 Å². The minimum Gasteiger partial charge on any atom is -0.480 e. The number of hydrogen-bond donors (Lipinski definition) is 2. The number of aliphatic carboxylic acids is 1. The number of carboxylic acids is 1. The van der Waals surface area contributed by atoms with Crippen molar-refractivity contribution >= 4 is 23.5 Å². The summed E-state index contributed by atoms with van der Waals surface area (Å²) in [5.41, 5.74) is -0.000231. The van der Waals surface area contributed by atoms with Crippen molar-refractivity contribution in [1.82, 2.24) is 15.1 Å². The van der Waals surface area contributed by atoms with E-state index in [9.17, 15) is 14.7 Å². The maximum atomic E-state index is 12.0. The Labute approximate surface area is 107 Å². The number of carbonyl (C=O) groups excluding carboxylic acids is 1. The molecule has 2 atom stereocenters. The summed E-state index contributed by atoms with van der Waals surface area (Å²) in [7, 11) is 0. The van der Waals surface area contributed by atoms with Crippen molar-refractivity contribution in [3.8, 4) is 0 Å². The van der Waals surface area contributed by atoms with Crippen molar-refractivity contribution in [2.45, 2.75) is 18.6 Å². The molecule has 2 heterocycles. The third kappa shape index (κ3) is 2.41. The van der Waals surface area contributed by atoms with Gasteiger partial charge in [0.2, 0.25) is 0 Å². The van der Waals surface area contributed by atoms with Crippen LogP contribution in [0.2, 0.25) is 5.15 Å². The zero-order chi connectivity index (χ0) is 13.3. The van der Waals surface area contributed by atoms with Crippen LogP contribution in [0.3, 0.4) is 0 Å². The summed E-state index contributed by atoms with van der Waals surface area (Å²) in [5.74, 6) is -1.73. The fourth-order valence-corrected chi connectivity index (χ4v) is 1.95. The van der Waals surface area contributed by atoms with Gasteiger partial charge in [-0.15, -0.1) is 10.2 Å². The zero-order valence-electron chi connectivity index (χ0n) is 9.15. The van der Waals surface area contributed by atoms with E-state index in [2.05, 4.69) is 10.2 Å². The van der Waals surface area contributed by atoms with E-state index >= 15 is 0 Å². The second kappa shape index (κ2) is 4.87. The Morgan fingerprint density at radius 1 is 1.39 bits per heavy atom. The molecule has 2 N–H and O–H groups in total. The van der Waals surface area contributed by atoms with Crippen LogP contribution in [0, 0.1) is 0 Å². The fourth-order valence-electron chi connectivity index (χ4n) is 1.85. The average molecular weight is 272 g/mol. The monoisotopic (exact) mass is 271 g/mol. The van der Waals surface area contributed by atoms with Crippen LogP contribution in [0.25, 0.3) is 0 Å². The second-order valence-corrected chi connectivity index (χ2v) is 4.33. The molecule has 2 rings (SSSR count). The van der Waals surface area contributed by atoms with Gasteiger partial charge < -0.3 is 15.1 Å². The molecule has 1 fully saturated rings. The molecule has 0 spiro atoms. The van der Waals surface area contributed by atoms with Gasteiger partial charge in [-0.3, -0.25) is 4.79 Å². The van der Waals surface area contributed by atoms with Crippen LogP contribution in [0.1, 0.15) is 16.9 Å². The summed E-state index contributed by atoms with van der Waals surface area (Å²) >= 11 is 5.55. The molecule has 1 aliphatic rings. The van der Waals surface area contributed by atoms with E-state index < -0.39 is 24.0 Å². The van der Waals surface area contributed by atoms with Crippen molar-refractivity contribution in [1.29, 1.82) is 0 Å². The SMILES string of the molecule is O=C(O)[C@@H]1CC(O)CN1C(=O)c1ccc(Cl)nn1. The number of likely N-dealkylation sites (tertiary alicyclic amines) is 1. The lowest BCUT2D eigenvalue weighted by molar-refractivity contribution is -0.141. The predicted molar refractivity (Wildman–Crippen MR) is 60.1 cm³/mol. The smallest absolute Gasteiger partial charge is 0.326 e. The number of halogens is 1. The van der Waals surface area contributed by atoms with Gasteiger partial charge >= 0.3 is 5.97 Å². The predicted octanol–water partition coefficient (Wildman–Crippen LogP) is -0.210. The van der Waals surface area contributed by atoms with Gasteiger partial charge in [0, 0.05) is 13.0 Å². The highest BCUT2D eigenvalue weighted by molar-refractivity contribution is 6.29. The molecular formula is C10H10ClN3O4. The molecule has 0 aliphatic carbocycles. The molecule has 0 bridgehead atoms. The molecule has 0 saturated carbocycles. The number of carbonyl (C=O) groups is 2. The largest absolute Gasteiger partial charge is 0.480 e. The van der Waals surface area contributed by atoms with Crippen molar-refractivity contribution in [2.75, 3.05) is 6.54 Å². The fraction of sp³-hybridized carbons (Fsp3) is 0.400. The Morgan fingerprint density at radius 3 is 2.67 bits per heavy atom. The first-order valence-electron chi connectivity index (χ1n) is 5.20. The van der Waals surface area contributed by atoms with E-state index in [0.29, 0.717) is 0 Å². The van der Waals surface area contributed by atoms with Gasteiger partial charge in [-0.05, 0) is 12.1 Å². The summed E-state index contributed by atoms with van der Waals surface area (Å²) in [4.78, 5) is 24.1. The first kappa shape index (κ1) is 12.7. The number of amides is 1. The number of rotatable bonds is 2. The van der Waals surface area contributed by atoms with Crippen LogP contribution in [-0.2, 0) is 4.79 Å².